The molecule has 104 valence electrons. The average Bonchev–Trinajstić information content (AvgIpc) is 2.99. The molecular formula is C10H19N3O4S. The Kier molecular flexibility index (Phi) is 4.08. The van der Waals surface area contributed by atoms with Crippen LogP contribution in [0.3, 0.4) is 0 Å². The van der Waals surface area contributed by atoms with E-state index in [1.807, 2.05) is 0 Å². The van der Waals surface area contributed by atoms with E-state index < -0.39 is 16.1 Å². The lowest BCUT2D eigenvalue weighted by atomic mass is 10.3. The Morgan fingerprint density at radius 1 is 1.44 bits per heavy atom. The molecule has 2 unspecified atom stereocenters. The highest BCUT2D eigenvalue weighted by Crippen LogP contribution is 2.20. The van der Waals surface area contributed by atoms with Gasteiger partial charge in [0.15, 0.2) is 0 Å². The van der Waals surface area contributed by atoms with E-state index >= 15 is 0 Å². The molecule has 0 aromatic carbocycles. The fraction of sp³-hybridized carbons (Fsp3) is 0.900. The van der Waals surface area contributed by atoms with Crippen molar-refractivity contribution in [3.63, 3.8) is 0 Å². The van der Waals surface area contributed by atoms with Crippen molar-refractivity contribution in [2.24, 2.45) is 0 Å². The molecule has 18 heavy (non-hydrogen) atoms. The number of amides is 1. The second-order valence-electron chi connectivity index (χ2n) is 4.64. The molecule has 2 atom stereocenters. The van der Waals surface area contributed by atoms with Crippen molar-refractivity contribution in [2.45, 2.75) is 24.1 Å². The van der Waals surface area contributed by atoms with Crippen LogP contribution in [0.5, 0.6) is 0 Å². The number of rotatable bonds is 3. The molecular weight excluding hydrogens is 258 g/mol. The molecule has 2 N–H and O–H groups in total. The molecule has 2 aliphatic rings. The maximum Gasteiger partial charge on any atom is 0.407 e. The molecule has 0 spiro atoms. The Morgan fingerprint density at radius 3 is 2.83 bits per heavy atom. The number of nitrogens with one attached hydrogen (secondary N) is 2. The number of alkyl carbamates (subject to hydrolysis) is 1. The van der Waals surface area contributed by atoms with Crippen LogP contribution in [0.2, 0.25) is 0 Å². The predicted octanol–water partition coefficient (Wildman–Crippen LogP) is -0.892. The average molecular weight is 277 g/mol. The van der Waals surface area contributed by atoms with Crippen LogP contribution < -0.4 is 10.6 Å². The molecule has 2 heterocycles. The Hall–Kier alpha value is -0.860. The van der Waals surface area contributed by atoms with Crippen molar-refractivity contribution in [3.8, 4) is 0 Å². The molecule has 0 bridgehead atoms. The van der Waals surface area contributed by atoms with Crippen LogP contribution >= 0.6 is 0 Å². The first-order chi connectivity index (χ1) is 8.54. The minimum atomic E-state index is -3.24. The maximum atomic E-state index is 12.3. The van der Waals surface area contributed by atoms with Gasteiger partial charge in [0.1, 0.15) is 0 Å². The highest BCUT2D eigenvalue weighted by Gasteiger charge is 2.38. The highest BCUT2D eigenvalue weighted by molar-refractivity contribution is 7.89. The summed E-state index contributed by atoms with van der Waals surface area (Å²) in [7, 11) is -1.94. The van der Waals surface area contributed by atoms with Crippen LogP contribution in [0, 0.1) is 0 Å². The van der Waals surface area contributed by atoms with Gasteiger partial charge in [-0.25, -0.2) is 13.2 Å². The predicted molar refractivity (Wildman–Crippen MR) is 65.7 cm³/mol. The van der Waals surface area contributed by atoms with Gasteiger partial charge in [-0.3, -0.25) is 0 Å². The second-order valence-corrected chi connectivity index (χ2v) is 6.85. The summed E-state index contributed by atoms with van der Waals surface area (Å²) in [5.41, 5.74) is 0. The van der Waals surface area contributed by atoms with Gasteiger partial charge in [0, 0.05) is 25.7 Å². The van der Waals surface area contributed by atoms with Gasteiger partial charge in [-0.2, -0.15) is 4.31 Å². The summed E-state index contributed by atoms with van der Waals surface area (Å²) in [6.45, 7) is 2.08. The fourth-order valence-electron chi connectivity index (χ4n) is 2.40. The topological polar surface area (TPSA) is 87.7 Å². The number of carbonyl (C=O) groups is 1. The maximum absolute atomic E-state index is 12.3. The third-order valence-corrected chi connectivity index (χ3v) is 5.75. The van der Waals surface area contributed by atoms with Crippen molar-refractivity contribution in [2.75, 3.05) is 33.3 Å². The largest absolute Gasteiger partial charge is 0.453 e. The quantitative estimate of drug-likeness (QED) is 0.698. The summed E-state index contributed by atoms with van der Waals surface area (Å²) < 4.78 is 30.5. The standard InChI is InChI=1S/C10H19N3O4S/c1-17-10(14)12-8-3-5-13(7-8)18(15,16)9-2-4-11-6-9/h8-9,11H,2-7H2,1H3,(H,12,14). The van der Waals surface area contributed by atoms with Gasteiger partial charge in [-0.15, -0.1) is 0 Å². The van der Waals surface area contributed by atoms with Crippen LogP contribution in [-0.4, -0.2) is 63.4 Å². The number of methoxy groups -OCH3 is 1. The SMILES string of the molecule is COC(=O)NC1CCN(S(=O)(=O)C2CCNC2)C1. The smallest absolute Gasteiger partial charge is 0.407 e. The minimum Gasteiger partial charge on any atom is -0.453 e. The summed E-state index contributed by atoms with van der Waals surface area (Å²) >= 11 is 0. The normalized spacial score (nSPS) is 29.4. The minimum absolute atomic E-state index is 0.151. The van der Waals surface area contributed by atoms with Crippen LogP contribution in [0.15, 0.2) is 0 Å². The molecule has 2 rings (SSSR count). The van der Waals surface area contributed by atoms with E-state index in [0.717, 1.165) is 6.54 Å². The van der Waals surface area contributed by atoms with E-state index in [1.165, 1.54) is 11.4 Å². The zero-order valence-electron chi connectivity index (χ0n) is 10.4. The fourth-order valence-corrected chi connectivity index (χ4v) is 4.31. The lowest BCUT2D eigenvalue weighted by Gasteiger charge is -2.20. The molecule has 0 saturated carbocycles. The Labute approximate surface area is 107 Å². The number of ether oxygens (including phenoxy) is 1. The first-order valence-corrected chi connectivity index (χ1v) is 7.58. The van der Waals surface area contributed by atoms with E-state index in [-0.39, 0.29) is 11.3 Å². The van der Waals surface area contributed by atoms with Crippen LogP contribution in [0.4, 0.5) is 4.79 Å². The summed E-state index contributed by atoms with van der Waals surface area (Å²) in [6.07, 6.45) is 0.782. The summed E-state index contributed by atoms with van der Waals surface area (Å²) in [5, 5.41) is 5.37. The van der Waals surface area contributed by atoms with E-state index in [1.54, 1.807) is 0 Å². The van der Waals surface area contributed by atoms with E-state index in [9.17, 15) is 13.2 Å². The molecule has 2 saturated heterocycles. The molecule has 2 aliphatic heterocycles. The van der Waals surface area contributed by atoms with Crippen molar-refractivity contribution < 1.29 is 17.9 Å². The third-order valence-electron chi connectivity index (χ3n) is 3.45. The van der Waals surface area contributed by atoms with Crippen LogP contribution in [0.25, 0.3) is 0 Å². The Bertz CT molecular complexity index is 405. The zero-order chi connectivity index (χ0) is 13.2. The van der Waals surface area contributed by atoms with Crippen LogP contribution in [-0.2, 0) is 14.8 Å². The lowest BCUT2D eigenvalue weighted by Crippen LogP contribution is -2.41. The first kappa shape index (κ1) is 13.6. The van der Waals surface area contributed by atoms with Gasteiger partial charge in [-0.05, 0) is 19.4 Å². The Morgan fingerprint density at radius 2 is 2.22 bits per heavy atom. The van der Waals surface area contributed by atoms with E-state index in [0.29, 0.717) is 32.5 Å². The van der Waals surface area contributed by atoms with Crippen molar-refractivity contribution in [3.05, 3.63) is 0 Å². The van der Waals surface area contributed by atoms with Crippen molar-refractivity contribution in [1.82, 2.24) is 14.9 Å². The molecule has 0 radical (unpaired) electrons. The number of hydrogen-bond acceptors (Lipinski definition) is 5. The van der Waals surface area contributed by atoms with Gasteiger partial charge in [0.2, 0.25) is 10.0 Å². The molecule has 2 fully saturated rings. The molecule has 0 aliphatic carbocycles. The number of carbonyl (C=O) groups excluding carboxylic acids is 1. The van der Waals surface area contributed by atoms with E-state index in [4.69, 9.17) is 0 Å². The summed E-state index contributed by atoms with van der Waals surface area (Å²) in [6, 6.07) is -0.151. The van der Waals surface area contributed by atoms with Crippen molar-refractivity contribution >= 4 is 16.1 Å². The zero-order valence-corrected chi connectivity index (χ0v) is 11.2. The highest BCUT2D eigenvalue weighted by atomic mass is 32.2. The molecule has 7 nitrogen and oxygen atoms in total. The van der Waals surface area contributed by atoms with Crippen LogP contribution in [0.1, 0.15) is 12.8 Å². The third kappa shape index (κ3) is 2.76. The summed E-state index contributed by atoms with van der Waals surface area (Å²) in [5.74, 6) is 0. The van der Waals surface area contributed by atoms with Gasteiger partial charge < -0.3 is 15.4 Å². The van der Waals surface area contributed by atoms with Gasteiger partial charge in [0.25, 0.3) is 0 Å². The van der Waals surface area contributed by atoms with E-state index in [2.05, 4.69) is 15.4 Å². The molecule has 8 heteroatoms. The molecule has 1 amide bonds. The van der Waals surface area contributed by atoms with Gasteiger partial charge in [-0.1, -0.05) is 0 Å². The van der Waals surface area contributed by atoms with Gasteiger partial charge in [0.05, 0.1) is 12.4 Å². The number of nitrogens with zero attached hydrogens (tertiary/aromatic N) is 1. The number of sulfonamides is 1. The summed E-state index contributed by atoms with van der Waals surface area (Å²) in [4.78, 5) is 11.1. The number of hydrogen-bond donors (Lipinski definition) is 2. The lowest BCUT2D eigenvalue weighted by molar-refractivity contribution is 0.167. The second kappa shape index (κ2) is 5.41. The van der Waals surface area contributed by atoms with Gasteiger partial charge >= 0.3 is 6.09 Å². The first-order valence-electron chi connectivity index (χ1n) is 6.08. The molecule has 0 aromatic rings. The Balaban J connectivity index is 1.93. The van der Waals surface area contributed by atoms with Crippen molar-refractivity contribution in [1.29, 1.82) is 0 Å². The molecule has 0 aromatic heterocycles. The monoisotopic (exact) mass is 277 g/mol.